The summed E-state index contributed by atoms with van der Waals surface area (Å²) in [6, 6.07) is 10.3. The molecule has 1 aliphatic heterocycles. The van der Waals surface area contributed by atoms with E-state index in [0.29, 0.717) is 18.7 Å². The quantitative estimate of drug-likeness (QED) is 0.592. The lowest BCUT2D eigenvalue weighted by Gasteiger charge is -1.97. The summed E-state index contributed by atoms with van der Waals surface area (Å²) >= 11 is 0. The van der Waals surface area contributed by atoms with Crippen LogP contribution in [-0.2, 0) is 17.8 Å². The van der Waals surface area contributed by atoms with Crippen LogP contribution in [0.4, 0.5) is 0 Å². The first kappa shape index (κ1) is 6.89. The van der Waals surface area contributed by atoms with Crippen molar-refractivity contribution in [3.8, 4) is 0 Å². The number of para-hydroxylation sites is 1. The highest BCUT2D eigenvalue weighted by atomic mass is 16.1. The first-order valence-corrected chi connectivity index (χ1v) is 4.43. The molecule has 1 aromatic carbocycles. The molecule has 64 valence electrons. The summed E-state index contributed by atoms with van der Waals surface area (Å²) in [4.78, 5) is 11.2. The third-order valence-corrected chi connectivity index (χ3v) is 2.61. The highest BCUT2D eigenvalue weighted by Crippen LogP contribution is 2.23. The van der Waals surface area contributed by atoms with Crippen LogP contribution in [0.2, 0.25) is 0 Å². The van der Waals surface area contributed by atoms with Gasteiger partial charge in [0.2, 0.25) is 0 Å². The van der Waals surface area contributed by atoms with Gasteiger partial charge in [-0.25, -0.2) is 0 Å². The number of carbonyl (C=O) groups is 1. The van der Waals surface area contributed by atoms with E-state index in [0.717, 1.165) is 5.69 Å². The van der Waals surface area contributed by atoms with Crippen LogP contribution in [0.3, 0.4) is 0 Å². The van der Waals surface area contributed by atoms with Crippen molar-refractivity contribution in [3.63, 3.8) is 0 Å². The molecule has 13 heavy (non-hydrogen) atoms. The molecule has 1 aromatic heterocycles. The van der Waals surface area contributed by atoms with Crippen LogP contribution in [0, 0.1) is 0 Å². The Morgan fingerprint density at radius 1 is 1.23 bits per heavy atom. The van der Waals surface area contributed by atoms with Crippen molar-refractivity contribution >= 4 is 16.7 Å². The summed E-state index contributed by atoms with van der Waals surface area (Å²) in [7, 11) is 0. The summed E-state index contributed by atoms with van der Waals surface area (Å²) in [6.45, 7) is 0.558. The SMILES string of the molecule is O=C1Cc2cc3ccccc3n2C1. The minimum Gasteiger partial charge on any atom is -0.337 e. The molecule has 0 saturated carbocycles. The lowest BCUT2D eigenvalue weighted by Crippen LogP contribution is -1.98. The lowest BCUT2D eigenvalue weighted by atomic mass is 10.2. The zero-order valence-corrected chi connectivity index (χ0v) is 7.16. The minimum absolute atomic E-state index is 0.320. The van der Waals surface area contributed by atoms with Gasteiger partial charge in [-0.3, -0.25) is 4.79 Å². The molecule has 2 aromatic rings. The van der Waals surface area contributed by atoms with Crippen molar-refractivity contribution in [2.75, 3.05) is 0 Å². The van der Waals surface area contributed by atoms with Crippen LogP contribution in [0.5, 0.6) is 0 Å². The van der Waals surface area contributed by atoms with Crippen molar-refractivity contribution < 1.29 is 4.79 Å². The second kappa shape index (κ2) is 2.22. The van der Waals surface area contributed by atoms with Crippen LogP contribution >= 0.6 is 0 Å². The average molecular weight is 171 g/mol. The van der Waals surface area contributed by atoms with Crippen molar-refractivity contribution in [2.24, 2.45) is 0 Å². The van der Waals surface area contributed by atoms with Gasteiger partial charge in [0, 0.05) is 17.6 Å². The molecule has 2 heteroatoms. The number of Topliss-reactive ketones (excluding diaryl/α,β-unsaturated/α-hetero) is 1. The Balaban J connectivity index is 2.37. The molecule has 0 radical (unpaired) electrons. The van der Waals surface area contributed by atoms with Crippen LogP contribution < -0.4 is 0 Å². The zero-order chi connectivity index (χ0) is 8.84. The van der Waals surface area contributed by atoms with Gasteiger partial charge in [0.05, 0.1) is 6.54 Å². The van der Waals surface area contributed by atoms with E-state index in [-0.39, 0.29) is 0 Å². The number of hydrogen-bond donors (Lipinski definition) is 0. The maximum absolute atomic E-state index is 11.2. The van der Waals surface area contributed by atoms with Gasteiger partial charge in [0.15, 0.2) is 5.78 Å². The van der Waals surface area contributed by atoms with Gasteiger partial charge in [0.25, 0.3) is 0 Å². The minimum atomic E-state index is 0.320. The summed E-state index contributed by atoms with van der Waals surface area (Å²) in [5.41, 5.74) is 2.34. The number of benzene rings is 1. The van der Waals surface area contributed by atoms with Crippen LogP contribution in [0.25, 0.3) is 10.9 Å². The third kappa shape index (κ3) is 0.856. The molecule has 0 unspecified atom stereocenters. The molecule has 0 atom stereocenters. The predicted molar refractivity (Wildman–Crippen MR) is 50.6 cm³/mol. The van der Waals surface area contributed by atoms with Crippen molar-refractivity contribution in [1.29, 1.82) is 0 Å². The molecule has 0 amide bonds. The molecule has 0 fully saturated rings. The molecular weight excluding hydrogens is 162 g/mol. The largest absolute Gasteiger partial charge is 0.337 e. The maximum atomic E-state index is 11.2. The van der Waals surface area contributed by atoms with Crippen molar-refractivity contribution in [1.82, 2.24) is 4.57 Å². The van der Waals surface area contributed by atoms with E-state index in [1.807, 2.05) is 12.1 Å². The fourth-order valence-corrected chi connectivity index (χ4v) is 2.03. The zero-order valence-electron chi connectivity index (χ0n) is 7.16. The molecule has 3 rings (SSSR count). The first-order chi connectivity index (χ1) is 6.34. The smallest absolute Gasteiger partial charge is 0.158 e. The second-order valence-electron chi connectivity index (χ2n) is 3.50. The Labute approximate surface area is 75.8 Å². The van der Waals surface area contributed by atoms with Gasteiger partial charge in [-0.15, -0.1) is 0 Å². The monoisotopic (exact) mass is 171 g/mol. The number of aromatic nitrogens is 1. The fourth-order valence-electron chi connectivity index (χ4n) is 2.03. The maximum Gasteiger partial charge on any atom is 0.158 e. The first-order valence-electron chi connectivity index (χ1n) is 4.43. The number of ketones is 1. The number of carbonyl (C=O) groups excluding carboxylic acids is 1. The summed E-state index contributed by atoms with van der Waals surface area (Å²) in [5.74, 6) is 0.320. The number of fused-ring (bicyclic) bond motifs is 3. The average Bonchev–Trinajstić information content (AvgIpc) is 2.60. The highest BCUT2D eigenvalue weighted by Gasteiger charge is 2.19. The molecule has 0 N–H and O–H groups in total. The number of hydrogen-bond acceptors (Lipinski definition) is 1. The van der Waals surface area contributed by atoms with Crippen molar-refractivity contribution in [3.05, 3.63) is 36.0 Å². The number of rotatable bonds is 0. The van der Waals surface area contributed by atoms with E-state index in [2.05, 4.69) is 22.8 Å². The summed E-state index contributed by atoms with van der Waals surface area (Å²) in [6.07, 6.45) is 0.606. The van der Waals surface area contributed by atoms with Gasteiger partial charge in [-0.1, -0.05) is 18.2 Å². The molecule has 0 saturated heterocycles. The normalized spacial score (nSPS) is 15.2. The molecule has 2 nitrogen and oxygen atoms in total. The van der Waals surface area contributed by atoms with Gasteiger partial charge < -0.3 is 4.57 Å². The van der Waals surface area contributed by atoms with Gasteiger partial charge >= 0.3 is 0 Å². The Morgan fingerprint density at radius 2 is 2.08 bits per heavy atom. The van der Waals surface area contributed by atoms with E-state index >= 15 is 0 Å². The van der Waals surface area contributed by atoms with Crippen LogP contribution in [0.15, 0.2) is 30.3 Å². The Hall–Kier alpha value is -1.57. The Morgan fingerprint density at radius 3 is 3.00 bits per heavy atom. The molecule has 0 spiro atoms. The summed E-state index contributed by atoms with van der Waals surface area (Å²) in [5, 5.41) is 1.24. The molecular formula is C11H9NO. The van der Waals surface area contributed by atoms with E-state index < -0.39 is 0 Å². The van der Waals surface area contributed by atoms with E-state index in [1.165, 1.54) is 10.9 Å². The van der Waals surface area contributed by atoms with E-state index in [1.54, 1.807) is 0 Å². The van der Waals surface area contributed by atoms with Gasteiger partial charge in [0.1, 0.15) is 0 Å². The van der Waals surface area contributed by atoms with Crippen LogP contribution in [0.1, 0.15) is 5.69 Å². The van der Waals surface area contributed by atoms with Gasteiger partial charge in [-0.05, 0) is 17.5 Å². The van der Waals surface area contributed by atoms with E-state index in [4.69, 9.17) is 0 Å². The molecule has 0 aliphatic carbocycles. The second-order valence-corrected chi connectivity index (χ2v) is 3.50. The fraction of sp³-hybridized carbons (Fsp3) is 0.182. The van der Waals surface area contributed by atoms with Gasteiger partial charge in [-0.2, -0.15) is 0 Å². The Bertz CT molecular complexity index is 496. The molecule has 1 aliphatic rings. The third-order valence-electron chi connectivity index (χ3n) is 2.61. The Kier molecular flexibility index (Phi) is 1.18. The van der Waals surface area contributed by atoms with Crippen LogP contribution in [-0.4, -0.2) is 10.4 Å². The predicted octanol–water partition coefficient (Wildman–Crippen LogP) is 1.77. The summed E-state index contributed by atoms with van der Waals surface area (Å²) < 4.78 is 2.11. The topological polar surface area (TPSA) is 22.0 Å². The van der Waals surface area contributed by atoms with E-state index in [9.17, 15) is 4.79 Å². The highest BCUT2D eigenvalue weighted by molar-refractivity contribution is 5.90. The number of nitrogens with zero attached hydrogens (tertiary/aromatic N) is 1. The standard InChI is InChI=1S/C11H9NO/c13-10-6-9-5-8-3-1-2-4-11(8)12(9)7-10/h1-5H,6-7H2. The molecule has 2 heterocycles. The van der Waals surface area contributed by atoms with Crippen molar-refractivity contribution in [2.45, 2.75) is 13.0 Å². The molecule has 0 bridgehead atoms. The lowest BCUT2D eigenvalue weighted by molar-refractivity contribution is -0.117.